The van der Waals surface area contributed by atoms with Crippen LogP contribution in [-0.2, 0) is 4.79 Å². The summed E-state index contributed by atoms with van der Waals surface area (Å²) in [7, 11) is 0. The Morgan fingerprint density at radius 2 is 1.69 bits per heavy atom. The Bertz CT molecular complexity index is 858. The van der Waals surface area contributed by atoms with Crippen LogP contribution < -0.4 is 19.5 Å². The van der Waals surface area contributed by atoms with E-state index in [0.29, 0.717) is 36.0 Å². The molecule has 6 nitrogen and oxygen atoms in total. The van der Waals surface area contributed by atoms with Crippen LogP contribution in [0.25, 0.3) is 0 Å². The Morgan fingerprint density at radius 3 is 2.34 bits per heavy atom. The SMILES string of the molecule is CCOc1ccc(C(NC(=O)COc2ccccc2C#N)C(C)C)cc1OCC. The maximum atomic E-state index is 12.5. The molecule has 0 aromatic heterocycles. The molecule has 2 aromatic carbocycles. The van der Waals surface area contributed by atoms with Crippen LogP contribution in [0.5, 0.6) is 17.2 Å². The molecule has 6 heteroatoms. The van der Waals surface area contributed by atoms with E-state index in [1.807, 2.05) is 45.9 Å². The Morgan fingerprint density at radius 1 is 1.00 bits per heavy atom. The molecular weight excluding hydrogens is 368 g/mol. The minimum Gasteiger partial charge on any atom is -0.490 e. The first-order valence-corrected chi connectivity index (χ1v) is 9.80. The molecule has 0 aliphatic carbocycles. The smallest absolute Gasteiger partial charge is 0.258 e. The largest absolute Gasteiger partial charge is 0.490 e. The molecule has 1 atom stereocenters. The molecule has 0 aliphatic heterocycles. The molecule has 2 rings (SSSR count). The number of benzene rings is 2. The Labute approximate surface area is 172 Å². The van der Waals surface area contributed by atoms with Crippen molar-refractivity contribution in [2.75, 3.05) is 19.8 Å². The summed E-state index contributed by atoms with van der Waals surface area (Å²) in [6.45, 7) is 8.81. The third kappa shape index (κ3) is 6.15. The molecular formula is C23H28N2O4. The van der Waals surface area contributed by atoms with Gasteiger partial charge in [0.2, 0.25) is 0 Å². The number of rotatable bonds is 10. The lowest BCUT2D eigenvalue weighted by atomic mass is 9.95. The van der Waals surface area contributed by atoms with Crippen molar-refractivity contribution in [2.45, 2.75) is 33.7 Å². The number of nitrogens with zero attached hydrogens (tertiary/aromatic N) is 1. The lowest BCUT2D eigenvalue weighted by Gasteiger charge is -2.24. The number of carbonyl (C=O) groups is 1. The van der Waals surface area contributed by atoms with Gasteiger partial charge in [0.05, 0.1) is 24.8 Å². The predicted octanol–water partition coefficient (Wildman–Crippen LogP) is 4.25. The second-order valence-electron chi connectivity index (χ2n) is 6.76. The minimum atomic E-state index is -0.261. The number of amides is 1. The summed E-state index contributed by atoms with van der Waals surface area (Å²) in [5.41, 5.74) is 1.33. The fraction of sp³-hybridized carbons (Fsp3) is 0.391. The normalized spacial score (nSPS) is 11.4. The molecule has 0 radical (unpaired) electrons. The van der Waals surface area contributed by atoms with Crippen LogP contribution in [0.4, 0.5) is 0 Å². The second kappa shape index (κ2) is 11.0. The second-order valence-corrected chi connectivity index (χ2v) is 6.76. The minimum absolute atomic E-state index is 0.151. The van der Waals surface area contributed by atoms with Crippen molar-refractivity contribution in [3.8, 4) is 23.3 Å². The molecule has 0 fully saturated rings. The zero-order valence-electron chi connectivity index (χ0n) is 17.4. The highest BCUT2D eigenvalue weighted by atomic mass is 16.5. The van der Waals surface area contributed by atoms with Crippen molar-refractivity contribution in [3.63, 3.8) is 0 Å². The van der Waals surface area contributed by atoms with Crippen molar-refractivity contribution in [1.82, 2.24) is 5.32 Å². The summed E-state index contributed by atoms with van der Waals surface area (Å²) in [6.07, 6.45) is 0. The Kier molecular flexibility index (Phi) is 8.35. The van der Waals surface area contributed by atoms with Crippen LogP contribution in [0.15, 0.2) is 42.5 Å². The molecule has 1 amide bonds. The van der Waals surface area contributed by atoms with Gasteiger partial charge in [0.25, 0.3) is 5.91 Å². The van der Waals surface area contributed by atoms with Crippen LogP contribution in [0, 0.1) is 17.2 Å². The number of hydrogen-bond donors (Lipinski definition) is 1. The molecule has 1 N–H and O–H groups in total. The van der Waals surface area contributed by atoms with Gasteiger partial charge in [0.15, 0.2) is 18.1 Å². The standard InChI is InChI=1S/C23H28N2O4/c1-5-27-20-12-11-17(13-21(20)28-6-2)23(16(3)4)25-22(26)15-29-19-10-8-7-9-18(19)14-24/h7-13,16,23H,5-6,15H2,1-4H3,(H,25,26). The van der Waals surface area contributed by atoms with Crippen molar-refractivity contribution < 1.29 is 19.0 Å². The number of nitriles is 1. The first-order valence-electron chi connectivity index (χ1n) is 9.80. The molecule has 0 spiro atoms. The van der Waals surface area contributed by atoms with E-state index in [2.05, 4.69) is 11.4 Å². The number of nitrogens with one attached hydrogen (secondary N) is 1. The van der Waals surface area contributed by atoms with E-state index in [-0.39, 0.29) is 24.5 Å². The maximum absolute atomic E-state index is 12.5. The number of carbonyl (C=O) groups excluding carboxylic acids is 1. The van der Waals surface area contributed by atoms with E-state index in [9.17, 15) is 4.79 Å². The molecule has 0 saturated carbocycles. The first kappa shape index (κ1) is 22.1. The molecule has 2 aromatic rings. The van der Waals surface area contributed by atoms with Crippen molar-refractivity contribution in [1.29, 1.82) is 5.26 Å². The quantitative estimate of drug-likeness (QED) is 0.649. The molecule has 154 valence electrons. The summed E-state index contributed by atoms with van der Waals surface area (Å²) in [6, 6.07) is 14.4. The van der Waals surface area contributed by atoms with Crippen LogP contribution in [0.2, 0.25) is 0 Å². The van der Waals surface area contributed by atoms with Crippen molar-refractivity contribution in [3.05, 3.63) is 53.6 Å². The van der Waals surface area contributed by atoms with Gasteiger partial charge in [-0.2, -0.15) is 5.26 Å². The van der Waals surface area contributed by atoms with Crippen molar-refractivity contribution >= 4 is 5.91 Å². The summed E-state index contributed by atoms with van der Waals surface area (Å²) >= 11 is 0. The molecule has 0 aliphatic rings. The zero-order chi connectivity index (χ0) is 21.2. The predicted molar refractivity (Wildman–Crippen MR) is 111 cm³/mol. The van der Waals surface area contributed by atoms with Crippen LogP contribution in [0.3, 0.4) is 0 Å². The fourth-order valence-corrected chi connectivity index (χ4v) is 2.94. The van der Waals surface area contributed by atoms with Gasteiger partial charge in [-0.3, -0.25) is 4.79 Å². The summed E-state index contributed by atoms with van der Waals surface area (Å²) in [5, 5.41) is 12.1. The first-order chi connectivity index (χ1) is 14.0. The van der Waals surface area contributed by atoms with E-state index < -0.39 is 0 Å². The van der Waals surface area contributed by atoms with Gasteiger partial charge in [0, 0.05) is 0 Å². The third-order valence-electron chi connectivity index (χ3n) is 4.28. The highest BCUT2D eigenvalue weighted by Crippen LogP contribution is 2.33. The van der Waals surface area contributed by atoms with Gasteiger partial charge in [-0.05, 0) is 49.6 Å². The van der Waals surface area contributed by atoms with Crippen LogP contribution >= 0.6 is 0 Å². The van der Waals surface area contributed by atoms with E-state index in [1.54, 1.807) is 24.3 Å². The highest BCUT2D eigenvalue weighted by molar-refractivity contribution is 5.78. The average molecular weight is 396 g/mol. The molecule has 0 heterocycles. The van der Waals surface area contributed by atoms with Gasteiger partial charge in [-0.25, -0.2) is 0 Å². The van der Waals surface area contributed by atoms with Gasteiger partial charge in [0.1, 0.15) is 11.8 Å². The summed E-state index contributed by atoms with van der Waals surface area (Å²) < 4.78 is 16.9. The average Bonchev–Trinajstić information content (AvgIpc) is 2.72. The van der Waals surface area contributed by atoms with E-state index in [0.717, 1.165) is 5.56 Å². The number of ether oxygens (including phenoxy) is 3. The molecule has 1 unspecified atom stereocenters. The Balaban J connectivity index is 2.12. The van der Waals surface area contributed by atoms with Gasteiger partial charge in [-0.1, -0.05) is 32.0 Å². The number of hydrogen-bond acceptors (Lipinski definition) is 5. The monoisotopic (exact) mass is 396 g/mol. The van der Waals surface area contributed by atoms with E-state index >= 15 is 0 Å². The molecule has 29 heavy (non-hydrogen) atoms. The highest BCUT2D eigenvalue weighted by Gasteiger charge is 2.21. The van der Waals surface area contributed by atoms with Gasteiger partial charge >= 0.3 is 0 Å². The summed E-state index contributed by atoms with van der Waals surface area (Å²) in [4.78, 5) is 12.5. The maximum Gasteiger partial charge on any atom is 0.258 e. The third-order valence-corrected chi connectivity index (χ3v) is 4.28. The molecule has 0 bridgehead atoms. The van der Waals surface area contributed by atoms with Crippen LogP contribution in [0.1, 0.15) is 44.9 Å². The lowest BCUT2D eigenvalue weighted by molar-refractivity contribution is -0.124. The molecule has 0 saturated heterocycles. The van der Waals surface area contributed by atoms with E-state index in [1.165, 1.54) is 0 Å². The Hall–Kier alpha value is -3.20. The topological polar surface area (TPSA) is 80.6 Å². The van der Waals surface area contributed by atoms with Gasteiger partial charge < -0.3 is 19.5 Å². The van der Waals surface area contributed by atoms with E-state index in [4.69, 9.17) is 19.5 Å². The zero-order valence-corrected chi connectivity index (χ0v) is 17.4. The van der Waals surface area contributed by atoms with Crippen molar-refractivity contribution in [2.24, 2.45) is 5.92 Å². The van der Waals surface area contributed by atoms with Crippen LogP contribution in [-0.4, -0.2) is 25.7 Å². The van der Waals surface area contributed by atoms with Gasteiger partial charge in [-0.15, -0.1) is 0 Å². The lowest BCUT2D eigenvalue weighted by Crippen LogP contribution is -2.35. The number of para-hydroxylation sites is 1. The summed E-state index contributed by atoms with van der Waals surface area (Å²) in [5.74, 6) is 1.63. The fourth-order valence-electron chi connectivity index (χ4n) is 2.94.